The highest BCUT2D eigenvalue weighted by Crippen LogP contribution is 2.22. The lowest BCUT2D eigenvalue weighted by atomic mass is 10.1. The van der Waals surface area contributed by atoms with E-state index in [1.807, 2.05) is 6.07 Å². The Balaban J connectivity index is 1.94. The van der Waals surface area contributed by atoms with E-state index in [1.165, 1.54) is 12.1 Å². The van der Waals surface area contributed by atoms with Gasteiger partial charge in [0, 0.05) is 24.4 Å². The van der Waals surface area contributed by atoms with Gasteiger partial charge < -0.3 is 10.1 Å². The molecule has 0 aromatic heterocycles. The van der Waals surface area contributed by atoms with Crippen molar-refractivity contribution in [2.75, 3.05) is 11.9 Å². The molecule has 2 rings (SSSR count). The van der Waals surface area contributed by atoms with Crippen molar-refractivity contribution >= 4 is 35.0 Å². The molecule has 0 aliphatic heterocycles. The molecular formula is C20H22ClN3O5. The number of non-ortho nitro benzene ring substituents is 1. The molecule has 0 aliphatic rings. The average Bonchev–Trinajstić information content (AvgIpc) is 2.60. The van der Waals surface area contributed by atoms with E-state index in [1.54, 1.807) is 39.0 Å². The van der Waals surface area contributed by atoms with Crippen LogP contribution in [0, 0.1) is 10.1 Å². The fraction of sp³-hybridized carbons (Fsp3) is 0.300. The standard InChI is InChI=1S/C20H22ClN3O5/c1-20(2,3)29-19(26)23-14-6-4-5-13(11-14)9-10-22-18(25)16-12-15(24(27)28)7-8-17(16)21/h4-8,11-12H,9-10H2,1-3H3,(H,22,25)(H,23,26). The second-order valence-electron chi connectivity index (χ2n) is 7.25. The first-order valence-corrected chi connectivity index (χ1v) is 9.24. The highest BCUT2D eigenvalue weighted by molar-refractivity contribution is 6.33. The monoisotopic (exact) mass is 419 g/mol. The van der Waals surface area contributed by atoms with Gasteiger partial charge in [0.2, 0.25) is 0 Å². The van der Waals surface area contributed by atoms with Crippen LogP contribution in [0.5, 0.6) is 0 Å². The second kappa shape index (κ2) is 9.38. The highest BCUT2D eigenvalue weighted by Gasteiger charge is 2.17. The van der Waals surface area contributed by atoms with Crippen LogP contribution in [-0.4, -0.2) is 29.1 Å². The van der Waals surface area contributed by atoms with Crippen LogP contribution in [-0.2, 0) is 11.2 Å². The van der Waals surface area contributed by atoms with Crippen molar-refractivity contribution in [3.05, 3.63) is 68.7 Å². The Morgan fingerprint density at radius 1 is 1.17 bits per heavy atom. The summed E-state index contributed by atoms with van der Waals surface area (Å²) < 4.78 is 5.21. The van der Waals surface area contributed by atoms with E-state index < -0.39 is 22.5 Å². The number of nitro benzene ring substituents is 1. The number of carbonyl (C=O) groups excluding carboxylic acids is 2. The summed E-state index contributed by atoms with van der Waals surface area (Å²) in [5.74, 6) is -0.498. The summed E-state index contributed by atoms with van der Waals surface area (Å²) >= 11 is 5.97. The molecule has 0 spiro atoms. The summed E-state index contributed by atoms with van der Waals surface area (Å²) in [6, 6.07) is 10.8. The normalized spacial score (nSPS) is 10.9. The summed E-state index contributed by atoms with van der Waals surface area (Å²) in [5.41, 5.74) is 0.690. The van der Waals surface area contributed by atoms with E-state index in [4.69, 9.17) is 16.3 Å². The maximum absolute atomic E-state index is 12.3. The lowest BCUT2D eigenvalue weighted by molar-refractivity contribution is -0.384. The van der Waals surface area contributed by atoms with Crippen LogP contribution < -0.4 is 10.6 Å². The average molecular weight is 420 g/mol. The molecular weight excluding hydrogens is 398 g/mol. The third kappa shape index (κ3) is 7.08. The first kappa shape index (κ1) is 22.2. The van der Waals surface area contributed by atoms with Gasteiger partial charge in [0.25, 0.3) is 11.6 Å². The molecule has 29 heavy (non-hydrogen) atoms. The van der Waals surface area contributed by atoms with Crippen molar-refractivity contribution in [2.24, 2.45) is 0 Å². The molecule has 2 amide bonds. The maximum Gasteiger partial charge on any atom is 0.412 e. The SMILES string of the molecule is CC(C)(C)OC(=O)Nc1cccc(CCNC(=O)c2cc([N+](=O)[O-])ccc2Cl)c1. The number of carbonyl (C=O) groups is 2. The van der Waals surface area contributed by atoms with Crippen molar-refractivity contribution in [2.45, 2.75) is 32.8 Å². The van der Waals surface area contributed by atoms with Crippen molar-refractivity contribution in [3.8, 4) is 0 Å². The minimum atomic E-state index is -0.597. The second-order valence-corrected chi connectivity index (χ2v) is 7.66. The van der Waals surface area contributed by atoms with Crippen molar-refractivity contribution < 1.29 is 19.2 Å². The topological polar surface area (TPSA) is 111 Å². The minimum absolute atomic E-state index is 0.0428. The van der Waals surface area contributed by atoms with Gasteiger partial charge in [0.05, 0.1) is 15.5 Å². The number of ether oxygens (including phenoxy) is 1. The van der Waals surface area contributed by atoms with E-state index >= 15 is 0 Å². The lowest BCUT2D eigenvalue weighted by Crippen LogP contribution is -2.27. The third-order valence-corrected chi connectivity index (χ3v) is 4.01. The molecule has 0 unspecified atom stereocenters. The predicted molar refractivity (Wildman–Crippen MR) is 110 cm³/mol. The van der Waals surface area contributed by atoms with Crippen molar-refractivity contribution in [1.29, 1.82) is 0 Å². The summed E-state index contributed by atoms with van der Waals surface area (Å²) in [5, 5.41) is 16.3. The molecule has 0 saturated heterocycles. The van der Waals surface area contributed by atoms with Crippen molar-refractivity contribution in [1.82, 2.24) is 5.32 Å². The summed E-state index contributed by atoms with van der Waals surface area (Å²) in [6.45, 7) is 5.62. The molecule has 8 nitrogen and oxygen atoms in total. The van der Waals surface area contributed by atoms with Gasteiger partial charge in [-0.1, -0.05) is 23.7 Å². The van der Waals surface area contributed by atoms with Crippen LogP contribution in [0.4, 0.5) is 16.2 Å². The van der Waals surface area contributed by atoms with Gasteiger partial charge in [-0.15, -0.1) is 0 Å². The Morgan fingerprint density at radius 3 is 2.55 bits per heavy atom. The van der Waals surface area contributed by atoms with E-state index in [9.17, 15) is 19.7 Å². The Bertz CT molecular complexity index is 925. The zero-order valence-corrected chi connectivity index (χ0v) is 17.1. The first-order valence-electron chi connectivity index (χ1n) is 8.86. The number of halogens is 1. The fourth-order valence-electron chi connectivity index (χ4n) is 2.44. The number of rotatable bonds is 6. The van der Waals surface area contributed by atoms with Crippen molar-refractivity contribution in [3.63, 3.8) is 0 Å². The molecule has 0 radical (unpaired) electrons. The van der Waals surface area contributed by atoms with E-state index in [2.05, 4.69) is 10.6 Å². The first-order chi connectivity index (χ1) is 13.5. The van der Waals surface area contributed by atoms with Crippen LogP contribution in [0.3, 0.4) is 0 Å². The Kier molecular flexibility index (Phi) is 7.17. The zero-order chi connectivity index (χ0) is 21.6. The number of amides is 2. The number of nitrogens with zero attached hydrogens (tertiary/aromatic N) is 1. The van der Waals surface area contributed by atoms with Crippen LogP contribution in [0.25, 0.3) is 0 Å². The molecule has 154 valence electrons. The zero-order valence-electron chi connectivity index (χ0n) is 16.3. The summed E-state index contributed by atoms with van der Waals surface area (Å²) in [4.78, 5) is 34.4. The number of anilines is 1. The predicted octanol–water partition coefficient (Wildman–Crippen LogP) is 4.57. The number of hydrogen-bond donors (Lipinski definition) is 2. The Labute approximate surface area is 173 Å². The molecule has 0 bridgehead atoms. The third-order valence-electron chi connectivity index (χ3n) is 3.68. The van der Waals surface area contributed by atoms with Gasteiger partial charge in [-0.25, -0.2) is 4.79 Å². The Morgan fingerprint density at radius 2 is 1.90 bits per heavy atom. The summed E-state index contributed by atoms with van der Waals surface area (Å²) in [6.07, 6.45) is -0.0643. The van der Waals surface area contributed by atoms with Crippen LogP contribution in [0.15, 0.2) is 42.5 Å². The molecule has 2 aromatic rings. The molecule has 0 saturated carbocycles. The maximum atomic E-state index is 12.3. The molecule has 9 heteroatoms. The number of hydrogen-bond acceptors (Lipinski definition) is 5. The van der Waals surface area contributed by atoms with Crippen LogP contribution in [0.1, 0.15) is 36.7 Å². The molecule has 0 heterocycles. The van der Waals surface area contributed by atoms with Crippen LogP contribution in [0.2, 0.25) is 5.02 Å². The number of benzene rings is 2. The largest absolute Gasteiger partial charge is 0.444 e. The molecule has 2 N–H and O–H groups in total. The van der Waals surface area contributed by atoms with Gasteiger partial charge in [-0.05, 0) is 51.0 Å². The van der Waals surface area contributed by atoms with Gasteiger partial charge in [-0.3, -0.25) is 20.2 Å². The lowest BCUT2D eigenvalue weighted by Gasteiger charge is -2.19. The highest BCUT2D eigenvalue weighted by atomic mass is 35.5. The van der Waals surface area contributed by atoms with Crippen LogP contribution >= 0.6 is 11.6 Å². The Hall–Kier alpha value is -3.13. The number of nitro groups is 1. The summed E-state index contributed by atoms with van der Waals surface area (Å²) in [7, 11) is 0. The van der Waals surface area contributed by atoms with Gasteiger partial charge in [0.1, 0.15) is 5.60 Å². The molecule has 0 aliphatic carbocycles. The molecule has 2 aromatic carbocycles. The molecule has 0 atom stereocenters. The smallest absolute Gasteiger partial charge is 0.412 e. The van der Waals surface area contributed by atoms with E-state index in [-0.39, 0.29) is 22.8 Å². The van der Waals surface area contributed by atoms with Gasteiger partial charge in [0.15, 0.2) is 0 Å². The van der Waals surface area contributed by atoms with E-state index in [0.29, 0.717) is 12.1 Å². The van der Waals surface area contributed by atoms with E-state index in [0.717, 1.165) is 11.6 Å². The fourth-order valence-corrected chi connectivity index (χ4v) is 2.65. The van der Waals surface area contributed by atoms with Gasteiger partial charge >= 0.3 is 6.09 Å². The quantitative estimate of drug-likeness (QED) is 0.526. The minimum Gasteiger partial charge on any atom is -0.444 e. The number of nitrogens with one attached hydrogen (secondary N) is 2. The molecule has 0 fully saturated rings. The van der Waals surface area contributed by atoms with Gasteiger partial charge in [-0.2, -0.15) is 0 Å².